The van der Waals surface area contributed by atoms with E-state index in [2.05, 4.69) is 21.2 Å². The summed E-state index contributed by atoms with van der Waals surface area (Å²) in [6, 6.07) is 5.47. The molecule has 1 rings (SSSR count). The second-order valence-corrected chi connectivity index (χ2v) is 4.05. The molecule has 16 heavy (non-hydrogen) atoms. The average Bonchev–Trinajstić information content (AvgIpc) is 2.28. The molecule has 1 aromatic rings. The van der Waals surface area contributed by atoms with E-state index in [9.17, 15) is 4.79 Å². The van der Waals surface area contributed by atoms with E-state index < -0.39 is 0 Å². The van der Waals surface area contributed by atoms with Crippen molar-refractivity contribution in [3.8, 4) is 5.75 Å². The van der Waals surface area contributed by atoms with E-state index in [1.807, 2.05) is 19.1 Å². The van der Waals surface area contributed by atoms with Crippen molar-refractivity contribution in [1.29, 1.82) is 0 Å². The number of benzene rings is 1. The number of halogens is 1. The molecule has 4 nitrogen and oxygen atoms in total. The SMILES string of the molecule is CCNC(=O)COc1ccc(Br)c(CN)c1. The van der Waals surface area contributed by atoms with Gasteiger partial charge in [-0.3, -0.25) is 4.79 Å². The van der Waals surface area contributed by atoms with Crippen LogP contribution in [0.4, 0.5) is 0 Å². The zero-order chi connectivity index (χ0) is 12.0. The van der Waals surface area contributed by atoms with Gasteiger partial charge in [0.1, 0.15) is 5.75 Å². The van der Waals surface area contributed by atoms with Crippen LogP contribution in [0.1, 0.15) is 12.5 Å². The molecule has 0 radical (unpaired) electrons. The van der Waals surface area contributed by atoms with Gasteiger partial charge < -0.3 is 15.8 Å². The van der Waals surface area contributed by atoms with Gasteiger partial charge in [0.05, 0.1) is 0 Å². The Morgan fingerprint density at radius 2 is 2.31 bits per heavy atom. The van der Waals surface area contributed by atoms with Crippen molar-refractivity contribution < 1.29 is 9.53 Å². The Labute approximate surface area is 103 Å². The van der Waals surface area contributed by atoms with Crippen molar-refractivity contribution in [2.75, 3.05) is 13.2 Å². The van der Waals surface area contributed by atoms with Gasteiger partial charge >= 0.3 is 0 Å². The van der Waals surface area contributed by atoms with Gasteiger partial charge in [-0.15, -0.1) is 0 Å². The number of rotatable bonds is 5. The molecule has 0 fully saturated rings. The second kappa shape index (κ2) is 6.50. The second-order valence-electron chi connectivity index (χ2n) is 3.20. The molecule has 3 N–H and O–H groups in total. The van der Waals surface area contributed by atoms with Crippen molar-refractivity contribution >= 4 is 21.8 Å². The fourth-order valence-electron chi connectivity index (χ4n) is 1.19. The minimum atomic E-state index is -0.125. The maximum absolute atomic E-state index is 11.2. The third-order valence-corrected chi connectivity index (χ3v) is 2.75. The zero-order valence-electron chi connectivity index (χ0n) is 9.13. The number of carbonyl (C=O) groups is 1. The predicted molar refractivity (Wildman–Crippen MR) is 66.2 cm³/mol. The summed E-state index contributed by atoms with van der Waals surface area (Å²) in [6.07, 6.45) is 0. The summed E-state index contributed by atoms with van der Waals surface area (Å²) in [5.41, 5.74) is 6.51. The molecule has 0 bridgehead atoms. The topological polar surface area (TPSA) is 64.3 Å². The van der Waals surface area contributed by atoms with Gasteiger partial charge in [0.15, 0.2) is 6.61 Å². The molecule has 0 aromatic heterocycles. The molecule has 0 saturated heterocycles. The number of hydrogen-bond acceptors (Lipinski definition) is 3. The first kappa shape index (κ1) is 13.0. The van der Waals surface area contributed by atoms with E-state index in [0.29, 0.717) is 18.8 Å². The maximum Gasteiger partial charge on any atom is 0.257 e. The van der Waals surface area contributed by atoms with Gasteiger partial charge in [-0.25, -0.2) is 0 Å². The third-order valence-electron chi connectivity index (χ3n) is 1.98. The summed E-state index contributed by atoms with van der Waals surface area (Å²) >= 11 is 3.38. The van der Waals surface area contributed by atoms with Crippen LogP contribution in [0.15, 0.2) is 22.7 Å². The minimum Gasteiger partial charge on any atom is -0.484 e. The number of nitrogens with two attached hydrogens (primary N) is 1. The first-order valence-corrected chi connectivity index (χ1v) is 5.84. The van der Waals surface area contributed by atoms with Crippen molar-refractivity contribution in [3.63, 3.8) is 0 Å². The van der Waals surface area contributed by atoms with Crippen molar-refractivity contribution in [2.24, 2.45) is 5.73 Å². The van der Waals surface area contributed by atoms with Gasteiger partial charge in [-0.2, -0.15) is 0 Å². The van der Waals surface area contributed by atoms with Crippen molar-refractivity contribution in [2.45, 2.75) is 13.5 Å². The lowest BCUT2D eigenvalue weighted by Gasteiger charge is -2.08. The molecule has 88 valence electrons. The van der Waals surface area contributed by atoms with E-state index in [1.165, 1.54) is 0 Å². The van der Waals surface area contributed by atoms with Crippen LogP contribution in [-0.4, -0.2) is 19.1 Å². The van der Waals surface area contributed by atoms with Crippen LogP contribution in [0.25, 0.3) is 0 Å². The van der Waals surface area contributed by atoms with Crippen LogP contribution in [0.5, 0.6) is 5.75 Å². The molecule has 5 heteroatoms. The largest absolute Gasteiger partial charge is 0.484 e. The van der Waals surface area contributed by atoms with Crippen molar-refractivity contribution in [3.05, 3.63) is 28.2 Å². The molecule has 1 amide bonds. The average molecular weight is 287 g/mol. The predicted octanol–water partition coefficient (Wildman–Crippen LogP) is 1.42. The van der Waals surface area contributed by atoms with Gasteiger partial charge in [-0.05, 0) is 30.7 Å². The number of amides is 1. The number of ether oxygens (including phenoxy) is 1. The highest BCUT2D eigenvalue weighted by molar-refractivity contribution is 9.10. The maximum atomic E-state index is 11.2. The number of hydrogen-bond donors (Lipinski definition) is 2. The smallest absolute Gasteiger partial charge is 0.257 e. The van der Waals surface area contributed by atoms with Crippen LogP contribution < -0.4 is 15.8 Å². The summed E-state index contributed by atoms with van der Waals surface area (Å²) in [6.45, 7) is 2.93. The molecule has 1 aromatic carbocycles. The Kier molecular flexibility index (Phi) is 5.28. The monoisotopic (exact) mass is 286 g/mol. The van der Waals surface area contributed by atoms with E-state index in [-0.39, 0.29) is 12.5 Å². The Morgan fingerprint density at radius 1 is 1.56 bits per heavy atom. The van der Waals surface area contributed by atoms with Gasteiger partial charge in [0.2, 0.25) is 0 Å². The van der Waals surface area contributed by atoms with Crippen LogP contribution in [-0.2, 0) is 11.3 Å². The highest BCUT2D eigenvalue weighted by Crippen LogP contribution is 2.22. The Bertz CT molecular complexity index is 369. The number of likely N-dealkylation sites (N-methyl/N-ethyl adjacent to an activating group) is 1. The molecule has 0 aliphatic rings. The van der Waals surface area contributed by atoms with Gasteiger partial charge in [0, 0.05) is 17.6 Å². The molecule has 0 heterocycles. The standard InChI is InChI=1S/C11H15BrN2O2/c1-2-14-11(15)7-16-9-3-4-10(12)8(5-9)6-13/h3-5H,2,6-7,13H2,1H3,(H,14,15). The first-order valence-electron chi connectivity index (χ1n) is 5.05. The molecule has 0 spiro atoms. The minimum absolute atomic E-state index is 0.0273. The van der Waals surface area contributed by atoms with E-state index in [0.717, 1.165) is 10.0 Å². The van der Waals surface area contributed by atoms with Gasteiger partial charge in [-0.1, -0.05) is 15.9 Å². The zero-order valence-corrected chi connectivity index (χ0v) is 10.7. The molecular formula is C11H15BrN2O2. The lowest BCUT2D eigenvalue weighted by atomic mass is 10.2. The Morgan fingerprint density at radius 3 is 2.94 bits per heavy atom. The highest BCUT2D eigenvalue weighted by Gasteiger charge is 2.03. The summed E-state index contributed by atoms with van der Waals surface area (Å²) in [4.78, 5) is 11.2. The lowest BCUT2D eigenvalue weighted by Crippen LogP contribution is -2.28. The fraction of sp³-hybridized carbons (Fsp3) is 0.364. The lowest BCUT2D eigenvalue weighted by molar-refractivity contribution is -0.122. The van der Waals surface area contributed by atoms with E-state index >= 15 is 0 Å². The van der Waals surface area contributed by atoms with Crippen LogP contribution in [0.3, 0.4) is 0 Å². The molecule has 0 aliphatic carbocycles. The summed E-state index contributed by atoms with van der Waals surface area (Å²) < 4.78 is 6.27. The van der Waals surface area contributed by atoms with Crippen LogP contribution in [0.2, 0.25) is 0 Å². The third kappa shape index (κ3) is 3.83. The molecule has 0 unspecified atom stereocenters. The first-order chi connectivity index (χ1) is 7.67. The quantitative estimate of drug-likeness (QED) is 0.861. The number of carbonyl (C=O) groups excluding carboxylic acids is 1. The highest BCUT2D eigenvalue weighted by atomic mass is 79.9. The number of nitrogens with one attached hydrogen (secondary N) is 1. The van der Waals surface area contributed by atoms with Crippen molar-refractivity contribution in [1.82, 2.24) is 5.32 Å². The summed E-state index contributed by atoms with van der Waals surface area (Å²) in [5, 5.41) is 2.66. The van der Waals surface area contributed by atoms with Crippen LogP contribution >= 0.6 is 15.9 Å². The van der Waals surface area contributed by atoms with E-state index in [4.69, 9.17) is 10.5 Å². The summed E-state index contributed by atoms with van der Waals surface area (Å²) in [5.74, 6) is 0.523. The summed E-state index contributed by atoms with van der Waals surface area (Å²) in [7, 11) is 0. The van der Waals surface area contributed by atoms with E-state index in [1.54, 1.807) is 6.07 Å². The normalized spacial score (nSPS) is 9.94. The Hall–Kier alpha value is -1.07. The molecule has 0 aliphatic heterocycles. The van der Waals surface area contributed by atoms with Crippen LogP contribution in [0, 0.1) is 0 Å². The fourth-order valence-corrected chi connectivity index (χ4v) is 1.60. The van der Waals surface area contributed by atoms with Gasteiger partial charge in [0.25, 0.3) is 5.91 Å². The molecule has 0 saturated carbocycles. The molecular weight excluding hydrogens is 272 g/mol. The Balaban J connectivity index is 2.57. The molecule has 0 atom stereocenters.